The molecule has 0 saturated heterocycles. The van der Waals surface area contributed by atoms with E-state index in [1.54, 1.807) is 12.1 Å². The van der Waals surface area contributed by atoms with Crippen molar-refractivity contribution in [3.8, 4) is 11.5 Å². The Bertz CT molecular complexity index is 715. The van der Waals surface area contributed by atoms with Crippen LogP contribution < -0.4 is 25.0 Å². The minimum Gasteiger partial charge on any atom is -0.494 e. The van der Waals surface area contributed by atoms with Crippen LogP contribution in [0.2, 0.25) is 0 Å². The number of carbonyl (C=O) groups is 1. The molecule has 0 aliphatic rings. The number of rotatable bonds is 8. The maximum absolute atomic E-state index is 12.3. The zero-order valence-corrected chi connectivity index (χ0v) is 15.8. The molecule has 0 bridgehead atoms. The number of amides is 2. The normalized spacial score (nSPS) is 10.2. The van der Waals surface area contributed by atoms with E-state index in [1.165, 1.54) is 0 Å². The fourth-order valence-electron chi connectivity index (χ4n) is 2.41. The van der Waals surface area contributed by atoms with Crippen LogP contribution in [0.3, 0.4) is 0 Å². The summed E-state index contributed by atoms with van der Waals surface area (Å²) in [6, 6.07) is 13.1. The highest BCUT2D eigenvalue weighted by atomic mass is 16.5. The van der Waals surface area contributed by atoms with E-state index in [0.29, 0.717) is 36.9 Å². The van der Waals surface area contributed by atoms with Gasteiger partial charge in [-0.25, -0.2) is 4.79 Å². The van der Waals surface area contributed by atoms with Gasteiger partial charge in [0.15, 0.2) is 0 Å². The van der Waals surface area contributed by atoms with Gasteiger partial charge in [-0.05, 0) is 43.7 Å². The first kappa shape index (κ1) is 19.4. The fraction of sp³-hybridized carbons (Fsp3) is 0.350. The number of benzene rings is 2. The SMILES string of the molecule is CCOc1ccc(OCC)c(NC(=O)NCc2ccc(N(C)C)cc2)c1. The molecule has 0 saturated carbocycles. The molecule has 0 aliphatic heterocycles. The van der Waals surface area contributed by atoms with Gasteiger partial charge in [0.2, 0.25) is 0 Å². The number of nitrogens with zero attached hydrogens (tertiary/aromatic N) is 1. The lowest BCUT2D eigenvalue weighted by Gasteiger charge is -2.15. The minimum absolute atomic E-state index is 0.295. The standard InChI is InChI=1S/C20H27N3O3/c1-5-25-17-11-12-19(26-6-2)18(13-17)22-20(24)21-14-15-7-9-16(10-8-15)23(3)4/h7-13H,5-6,14H2,1-4H3,(H2,21,22,24). The Kier molecular flexibility index (Phi) is 7.14. The molecule has 0 unspecified atom stereocenters. The lowest BCUT2D eigenvalue weighted by atomic mass is 10.2. The van der Waals surface area contributed by atoms with Gasteiger partial charge in [-0.3, -0.25) is 0 Å². The van der Waals surface area contributed by atoms with Crippen molar-refractivity contribution in [3.63, 3.8) is 0 Å². The van der Waals surface area contributed by atoms with E-state index in [4.69, 9.17) is 9.47 Å². The molecule has 2 amide bonds. The lowest BCUT2D eigenvalue weighted by molar-refractivity contribution is 0.251. The van der Waals surface area contributed by atoms with E-state index in [1.807, 2.05) is 63.2 Å². The van der Waals surface area contributed by atoms with Crippen LogP contribution in [-0.2, 0) is 6.54 Å². The Balaban J connectivity index is 1.98. The fourth-order valence-corrected chi connectivity index (χ4v) is 2.41. The Labute approximate surface area is 155 Å². The predicted octanol–water partition coefficient (Wildman–Crippen LogP) is 3.87. The van der Waals surface area contributed by atoms with Gasteiger partial charge >= 0.3 is 6.03 Å². The van der Waals surface area contributed by atoms with E-state index >= 15 is 0 Å². The summed E-state index contributed by atoms with van der Waals surface area (Å²) in [5.41, 5.74) is 2.73. The molecule has 6 heteroatoms. The Hall–Kier alpha value is -2.89. The molecule has 2 rings (SSSR count). The molecule has 2 aromatic carbocycles. The molecule has 26 heavy (non-hydrogen) atoms. The molecule has 0 spiro atoms. The van der Waals surface area contributed by atoms with Gasteiger partial charge in [0.25, 0.3) is 0 Å². The second-order valence-corrected chi connectivity index (χ2v) is 5.89. The third-order valence-electron chi connectivity index (χ3n) is 3.72. The van der Waals surface area contributed by atoms with Crippen molar-refractivity contribution in [2.45, 2.75) is 20.4 Å². The summed E-state index contributed by atoms with van der Waals surface area (Å²) in [5.74, 6) is 1.30. The summed E-state index contributed by atoms with van der Waals surface area (Å²) >= 11 is 0. The lowest BCUT2D eigenvalue weighted by Crippen LogP contribution is -2.28. The van der Waals surface area contributed by atoms with E-state index in [9.17, 15) is 4.79 Å². The third-order valence-corrected chi connectivity index (χ3v) is 3.72. The van der Waals surface area contributed by atoms with Gasteiger partial charge in [-0.1, -0.05) is 12.1 Å². The smallest absolute Gasteiger partial charge is 0.319 e. The summed E-state index contributed by atoms with van der Waals surface area (Å²) in [6.07, 6.45) is 0. The summed E-state index contributed by atoms with van der Waals surface area (Å²) < 4.78 is 11.1. The summed E-state index contributed by atoms with van der Waals surface area (Å²) in [5, 5.41) is 5.69. The zero-order valence-electron chi connectivity index (χ0n) is 15.8. The Morgan fingerprint density at radius 1 is 1.00 bits per heavy atom. The van der Waals surface area contributed by atoms with Gasteiger partial charge in [-0.15, -0.1) is 0 Å². The molecule has 140 valence electrons. The average Bonchev–Trinajstić information content (AvgIpc) is 2.63. The molecule has 0 fully saturated rings. The van der Waals surface area contributed by atoms with E-state index in [2.05, 4.69) is 10.6 Å². The number of nitrogens with one attached hydrogen (secondary N) is 2. The van der Waals surface area contributed by atoms with Crippen LogP contribution in [0.1, 0.15) is 19.4 Å². The largest absolute Gasteiger partial charge is 0.494 e. The number of ether oxygens (including phenoxy) is 2. The monoisotopic (exact) mass is 357 g/mol. The first-order chi connectivity index (χ1) is 12.5. The van der Waals surface area contributed by atoms with Crippen molar-refractivity contribution in [2.75, 3.05) is 37.5 Å². The van der Waals surface area contributed by atoms with Crippen LogP contribution in [0.4, 0.5) is 16.2 Å². The molecule has 0 heterocycles. The minimum atomic E-state index is -0.295. The molecule has 0 aromatic heterocycles. The van der Waals surface area contributed by atoms with E-state index < -0.39 is 0 Å². The zero-order chi connectivity index (χ0) is 18.9. The van der Waals surface area contributed by atoms with Crippen LogP contribution >= 0.6 is 0 Å². The summed E-state index contributed by atoms with van der Waals surface area (Å²) in [4.78, 5) is 14.3. The Morgan fingerprint density at radius 2 is 1.69 bits per heavy atom. The maximum atomic E-state index is 12.3. The van der Waals surface area contributed by atoms with Crippen LogP contribution in [0.15, 0.2) is 42.5 Å². The maximum Gasteiger partial charge on any atom is 0.319 e. The van der Waals surface area contributed by atoms with Gasteiger partial charge in [0.1, 0.15) is 11.5 Å². The van der Waals surface area contributed by atoms with Crippen molar-refractivity contribution in [2.24, 2.45) is 0 Å². The summed E-state index contributed by atoms with van der Waals surface area (Å²) in [7, 11) is 3.99. The van der Waals surface area contributed by atoms with Crippen LogP contribution in [-0.4, -0.2) is 33.3 Å². The van der Waals surface area contributed by atoms with Gasteiger partial charge in [0.05, 0.1) is 18.9 Å². The number of hydrogen-bond donors (Lipinski definition) is 2. The van der Waals surface area contributed by atoms with E-state index in [-0.39, 0.29) is 6.03 Å². The van der Waals surface area contributed by atoms with Crippen LogP contribution in [0.25, 0.3) is 0 Å². The van der Waals surface area contributed by atoms with Gasteiger partial charge in [-0.2, -0.15) is 0 Å². The molecular formula is C20H27N3O3. The van der Waals surface area contributed by atoms with Crippen LogP contribution in [0, 0.1) is 0 Å². The number of urea groups is 1. The second kappa shape index (κ2) is 9.56. The van der Waals surface area contributed by atoms with Gasteiger partial charge in [0, 0.05) is 32.4 Å². The quantitative estimate of drug-likeness (QED) is 0.753. The predicted molar refractivity (Wildman–Crippen MR) is 105 cm³/mol. The third kappa shape index (κ3) is 5.58. The first-order valence-electron chi connectivity index (χ1n) is 8.74. The molecule has 2 aromatic rings. The molecule has 6 nitrogen and oxygen atoms in total. The Morgan fingerprint density at radius 3 is 2.31 bits per heavy atom. The molecule has 0 atom stereocenters. The first-order valence-corrected chi connectivity index (χ1v) is 8.74. The highest BCUT2D eigenvalue weighted by Crippen LogP contribution is 2.29. The molecule has 0 radical (unpaired) electrons. The van der Waals surface area contributed by atoms with Crippen molar-refractivity contribution < 1.29 is 14.3 Å². The topological polar surface area (TPSA) is 62.8 Å². The summed E-state index contributed by atoms with van der Waals surface area (Å²) in [6.45, 7) is 5.33. The number of anilines is 2. The highest BCUT2D eigenvalue weighted by Gasteiger charge is 2.10. The molecule has 0 aliphatic carbocycles. The average molecular weight is 357 g/mol. The van der Waals surface area contributed by atoms with Crippen molar-refractivity contribution in [3.05, 3.63) is 48.0 Å². The second-order valence-electron chi connectivity index (χ2n) is 5.89. The van der Waals surface area contributed by atoms with Crippen molar-refractivity contribution in [1.82, 2.24) is 5.32 Å². The van der Waals surface area contributed by atoms with Crippen molar-refractivity contribution in [1.29, 1.82) is 0 Å². The van der Waals surface area contributed by atoms with E-state index in [0.717, 1.165) is 11.3 Å². The van der Waals surface area contributed by atoms with Gasteiger partial charge < -0.3 is 25.0 Å². The highest BCUT2D eigenvalue weighted by molar-refractivity contribution is 5.91. The van der Waals surface area contributed by atoms with Crippen molar-refractivity contribution >= 4 is 17.4 Å². The van der Waals surface area contributed by atoms with Crippen LogP contribution in [0.5, 0.6) is 11.5 Å². The number of carbonyl (C=O) groups excluding carboxylic acids is 1. The molecule has 2 N–H and O–H groups in total. The number of hydrogen-bond acceptors (Lipinski definition) is 4. The molecular weight excluding hydrogens is 330 g/mol.